The average molecular weight is 602 g/mol. The zero-order valence-corrected chi connectivity index (χ0v) is 25.9. The summed E-state index contributed by atoms with van der Waals surface area (Å²) in [6.07, 6.45) is 6.82. The molecule has 0 aromatic heterocycles. The van der Waals surface area contributed by atoms with Gasteiger partial charge >= 0.3 is 10.4 Å². The summed E-state index contributed by atoms with van der Waals surface area (Å²) in [6.45, 7) is 9.82. The average Bonchev–Trinajstić information content (AvgIpc) is 3.16. The van der Waals surface area contributed by atoms with Crippen LogP contribution in [0, 0.1) is 52.3 Å². The van der Waals surface area contributed by atoms with Gasteiger partial charge in [-0.3, -0.25) is 9.35 Å². The first-order valence-electron chi connectivity index (χ1n) is 15.3. The fourth-order valence-corrected chi connectivity index (χ4v) is 10.0. The molecule has 0 aromatic carbocycles. The molecule has 41 heavy (non-hydrogen) atoms. The summed E-state index contributed by atoms with van der Waals surface area (Å²) in [5, 5.41) is 48.1. The topological polar surface area (TPSA) is 174 Å². The summed E-state index contributed by atoms with van der Waals surface area (Å²) >= 11 is 0. The Labute approximate surface area is 244 Å². The summed E-state index contributed by atoms with van der Waals surface area (Å²) in [4.78, 5) is 12.5. The minimum atomic E-state index is -4.54. The van der Waals surface area contributed by atoms with E-state index < -0.39 is 34.3 Å². The van der Waals surface area contributed by atoms with Crippen LogP contribution in [0.15, 0.2) is 12.2 Å². The molecule has 0 radical (unpaired) electrons. The Morgan fingerprint density at radius 1 is 1.02 bits per heavy atom. The maximum atomic E-state index is 12.5. The highest BCUT2D eigenvalue weighted by Crippen LogP contribution is 2.69. The van der Waals surface area contributed by atoms with Crippen molar-refractivity contribution in [1.82, 2.24) is 5.32 Å². The van der Waals surface area contributed by atoms with Crippen LogP contribution in [0.5, 0.6) is 0 Å². The molecule has 4 saturated carbocycles. The molecule has 1 amide bonds. The highest BCUT2D eigenvalue weighted by molar-refractivity contribution is 7.80. The summed E-state index contributed by atoms with van der Waals surface area (Å²) in [5.74, 6) is -0.971. The van der Waals surface area contributed by atoms with Crippen LogP contribution in [0.3, 0.4) is 0 Å². The van der Waals surface area contributed by atoms with Crippen molar-refractivity contribution in [1.29, 1.82) is 0 Å². The lowest BCUT2D eigenvalue weighted by atomic mass is 9.42. The molecular formula is C30H51NO9S. The SMILES string of the molecule is C[C@H](/C=C/[C@@H](C)[C@H]1C[C@@H](O)[C@@H]2[C@]1(C)CC[C@@H]1[C@@]3(C)CC[C@H](O)C[C@@H]3[C@@H](O)C[C@]12O)[C@H](C)C(=O)NCCOS(=O)(=O)O. The third-order valence-electron chi connectivity index (χ3n) is 11.9. The van der Waals surface area contributed by atoms with Gasteiger partial charge in [0, 0.05) is 24.8 Å². The van der Waals surface area contributed by atoms with E-state index in [1.807, 2.05) is 13.0 Å². The number of carbonyl (C=O) groups is 1. The van der Waals surface area contributed by atoms with Crippen LogP contribution >= 0.6 is 0 Å². The molecule has 0 heterocycles. The molecule has 0 bridgehead atoms. The predicted molar refractivity (Wildman–Crippen MR) is 153 cm³/mol. The van der Waals surface area contributed by atoms with E-state index in [-0.39, 0.29) is 77.7 Å². The zero-order chi connectivity index (χ0) is 30.5. The van der Waals surface area contributed by atoms with Gasteiger partial charge in [0.25, 0.3) is 0 Å². The number of hydrogen-bond acceptors (Lipinski definition) is 8. The number of aliphatic hydroxyl groups excluding tert-OH is 3. The molecule has 10 nitrogen and oxygen atoms in total. The molecule has 0 aromatic rings. The number of aliphatic hydroxyl groups is 4. The van der Waals surface area contributed by atoms with Crippen molar-refractivity contribution >= 4 is 16.3 Å². The summed E-state index contributed by atoms with van der Waals surface area (Å²) in [6, 6.07) is 0. The lowest BCUT2D eigenvalue weighted by Gasteiger charge is -2.66. The first-order chi connectivity index (χ1) is 18.9. The van der Waals surface area contributed by atoms with Crippen molar-refractivity contribution in [3.8, 4) is 0 Å². The van der Waals surface area contributed by atoms with Gasteiger partial charge in [-0.1, -0.05) is 46.8 Å². The van der Waals surface area contributed by atoms with Gasteiger partial charge in [-0.15, -0.1) is 0 Å². The number of nitrogens with one attached hydrogen (secondary N) is 1. The van der Waals surface area contributed by atoms with Gasteiger partial charge in [0.15, 0.2) is 0 Å². The van der Waals surface area contributed by atoms with Crippen molar-refractivity contribution in [2.75, 3.05) is 13.2 Å². The van der Waals surface area contributed by atoms with Crippen molar-refractivity contribution in [2.24, 2.45) is 52.3 Å². The fourth-order valence-electron chi connectivity index (χ4n) is 9.71. The van der Waals surface area contributed by atoms with E-state index in [1.165, 1.54) is 0 Å². The number of allylic oxidation sites excluding steroid dienone is 2. The van der Waals surface area contributed by atoms with E-state index in [0.717, 1.165) is 19.3 Å². The van der Waals surface area contributed by atoms with Crippen LogP contribution in [0.25, 0.3) is 0 Å². The molecule has 13 atom stereocenters. The van der Waals surface area contributed by atoms with Gasteiger partial charge in [-0.2, -0.15) is 8.42 Å². The Bertz CT molecular complexity index is 1100. The molecular weight excluding hydrogens is 550 g/mol. The highest BCUT2D eigenvalue weighted by atomic mass is 32.3. The Balaban J connectivity index is 1.44. The van der Waals surface area contributed by atoms with E-state index in [1.54, 1.807) is 6.92 Å². The number of fused-ring (bicyclic) bond motifs is 5. The third-order valence-corrected chi connectivity index (χ3v) is 12.4. The van der Waals surface area contributed by atoms with Gasteiger partial charge in [-0.25, -0.2) is 4.18 Å². The molecule has 0 aliphatic heterocycles. The maximum absolute atomic E-state index is 12.5. The Morgan fingerprint density at radius 2 is 1.68 bits per heavy atom. The van der Waals surface area contributed by atoms with Gasteiger partial charge < -0.3 is 25.7 Å². The van der Waals surface area contributed by atoms with Gasteiger partial charge in [-0.05, 0) is 78.9 Å². The summed E-state index contributed by atoms with van der Waals surface area (Å²) < 4.78 is 34.2. The smallest absolute Gasteiger partial charge is 0.393 e. The standard InChI is InChI=1S/C30H51NO9S/c1-17(19(3)27(35)31-12-13-40-41(37,38)39)6-7-18(2)21-15-23(33)26-29(21,5)11-9-25-28(4)10-8-20(32)14-22(28)24(34)16-30(25,26)36/h6-7,17-26,32-34,36H,8-16H2,1-5H3,(H,31,35)(H,37,38,39)/b7-6+/t17-,18-,19+,20+,21-,22-,23-,24+,25-,26-,28+,29-,30+/m1/s1. The highest BCUT2D eigenvalue weighted by Gasteiger charge is 2.70. The number of hydrogen-bond donors (Lipinski definition) is 6. The monoisotopic (exact) mass is 601 g/mol. The Morgan fingerprint density at radius 3 is 2.34 bits per heavy atom. The summed E-state index contributed by atoms with van der Waals surface area (Å²) in [7, 11) is -4.54. The first kappa shape index (κ1) is 32.8. The third kappa shape index (κ3) is 6.14. The van der Waals surface area contributed by atoms with E-state index >= 15 is 0 Å². The number of carbonyl (C=O) groups excluding carboxylic acids is 1. The number of amides is 1. The van der Waals surface area contributed by atoms with Crippen LogP contribution in [-0.2, 0) is 19.4 Å². The van der Waals surface area contributed by atoms with E-state index in [4.69, 9.17) is 4.55 Å². The van der Waals surface area contributed by atoms with Crippen molar-refractivity contribution in [3.63, 3.8) is 0 Å². The Kier molecular flexibility index (Phi) is 9.43. The second kappa shape index (κ2) is 11.8. The van der Waals surface area contributed by atoms with Crippen LogP contribution in [0.1, 0.15) is 79.6 Å². The molecule has 236 valence electrons. The minimum absolute atomic E-state index is 0.0320. The van der Waals surface area contributed by atoms with Gasteiger partial charge in [0.1, 0.15) is 0 Å². The van der Waals surface area contributed by atoms with Crippen molar-refractivity contribution in [2.45, 2.75) is 103 Å². The van der Waals surface area contributed by atoms with Crippen molar-refractivity contribution < 1.29 is 42.4 Å². The molecule has 11 heteroatoms. The fraction of sp³-hybridized carbons (Fsp3) is 0.900. The zero-order valence-electron chi connectivity index (χ0n) is 25.1. The van der Waals surface area contributed by atoms with Crippen LogP contribution in [0.2, 0.25) is 0 Å². The van der Waals surface area contributed by atoms with Crippen LogP contribution in [-0.4, -0.2) is 76.4 Å². The largest absolute Gasteiger partial charge is 0.397 e. The second-order valence-corrected chi connectivity index (χ2v) is 15.3. The number of rotatable bonds is 9. The quantitative estimate of drug-likeness (QED) is 0.132. The normalized spacial score (nSPS) is 44.9. The summed E-state index contributed by atoms with van der Waals surface area (Å²) in [5.41, 5.74) is -1.76. The van der Waals surface area contributed by atoms with Crippen molar-refractivity contribution in [3.05, 3.63) is 12.2 Å². The lowest BCUT2D eigenvalue weighted by molar-refractivity contribution is -0.263. The molecule has 0 unspecified atom stereocenters. The van der Waals surface area contributed by atoms with E-state index in [0.29, 0.717) is 19.3 Å². The predicted octanol–water partition coefficient (Wildman–Crippen LogP) is 2.46. The molecule has 4 aliphatic carbocycles. The first-order valence-corrected chi connectivity index (χ1v) is 16.6. The second-order valence-electron chi connectivity index (χ2n) is 14.2. The van der Waals surface area contributed by atoms with Crippen LogP contribution in [0.4, 0.5) is 0 Å². The Hall–Kier alpha value is -1.08. The van der Waals surface area contributed by atoms with E-state index in [9.17, 15) is 33.6 Å². The molecule has 6 N–H and O–H groups in total. The molecule has 4 rings (SSSR count). The molecule has 4 aliphatic rings. The van der Waals surface area contributed by atoms with Gasteiger partial charge in [0.2, 0.25) is 5.91 Å². The maximum Gasteiger partial charge on any atom is 0.397 e. The van der Waals surface area contributed by atoms with Crippen LogP contribution < -0.4 is 5.32 Å². The molecule has 0 spiro atoms. The van der Waals surface area contributed by atoms with E-state index in [2.05, 4.69) is 36.3 Å². The minimum Gasteiger partial charge on any atom is -0.393 e. The molecule has 4 fully saturated rings. The lowest BCUT2D eigenvalue weighted by Crippen LogP contribution is -2.68. The molecule has 0 saturated heterocycles. The van der Waals surface area contributed by atoms with Gasteiger partial charge in [0.05, 0.1) is 30.5 Å².